The second-order valence-electron chi connectivity index (χ2n) is 4.22. The number of rotatable bonds is 4. The van der Waals surface area contributed by atoms with Gasteiger partial charge in [0, 0.05) is 16.1 Å². The summed E-state index contributed by atoms with van der Waals surface area (Å²) in [5.74, 6) is -0.0627. The van der Waals surface area contributed by atoms with Crippen molar-refractivity contribution in [1.29, 1.82) is 0 Å². The molecule has 0 unspecified atom stereocenters. The van der Waals surface area contributed by atoms with Crippen LogP contribution in [0.15, 0.2) is 51.7 Å². The van der Waals surface area contributed by atoms with Crippen molar-refractivity contribution in [2.75, 3.05) is 0 Å². The number of benzene rings is 1. The lowest BCUT2D eigenvalue weighted by atomic mass is 10.1. The maximum atomic E-state index is 12.0. The molecule has 0 radical (unpaired) electrons. The number of amides is 1. The van der Waals surface area contributed by atoms with Gasteiger partial charge < -0.3 is 9.73 Å². The molecule has 0 fully saturated rings. The Morgan fingerprint density at radius 2 is 2.28 bits per heavy atom. The van der Waals surface area contributed by atoms with Gasteiger partial charge in [-0.1, -0.05) is 22.0 Å². The van der Waals surface area contributed by atoms with Gasteiger partial charge in [-0.2, -0.15) is 0 Å². The van der Waals surface area contributed by atoms with Gasteiger partial charge in [0.05, 0.1) is 12.5 Å². The first-order chi connectivity index (χ1) is 8.65. The quantitative estimate of drug-likeness (QED) is 0.940. The van der Waals surface area contributed by atoms with Gasteiger partial charge in [0.25, 0.3) is 5.91 Å². The topological polar surface area (TPSA) is 42.2 Å². The molecule has 0 saturated carbocycles. The standard InChI is InChI=1S/C14H14BrNO2/c1-10(7-11-5-6-18-9-11)16-14(17)12-3-2-4-13(15)8-12/h2-6,8-10H,7H2,1H3,(H,16,17)/t10-/m0/s1. The SMILES string of the molecule is C[C@@H](Cc1ccoc1)NC(=O)c1cccc(Br)c1. The van der Waals surface area contributed by atoms with Crippen molar-refractivity contribution in [2.24, 2.45) is 0 Å². The Hall–Kier alpha value is -1.55. The minimum atomic E-state index is -0.0627. The van der Waals surface area contributed by atoms with E-state index in [0.717, 1.165) is 16.5 Å². The van der Waals surface area contributed by atoms with Crippen LogP contribution in [0.5, 0.6) is 0 Å². The molecule has 1 aromatic carbocycles. The lowest BCUT2D eigenvalue weighted by Gasteiger charge is -2.13. The van der Waals surface area contributed by atoms with E-state index in [9.17, 15) is 4.79 Å². The first-order valence-electron chi connectivity index (χ1n) is 5.72. The normalized spacial score (nSPS) is 12.1. The third-order valence-corrected chi connectivity index (χ3v) is 3.08. The summed E-state index contributed by atoms with van der Waals surface area (Å²) < 4.78 is 5.90. The van der Waals surface area contributed by atoms with E-state index in [2.05, 4.69) is 21.2 Å². The van der Waals surface area contributed by atoms with Crippen molar-refractivity contribution < 1.29 is 9.21 Å². The van der Waals surface area contributed by atoms with Crippen molar-refractivity contribution in [3.05, 3.63) is 58.5 Å². The fourth-order valence-electron chi connectivity index (χ4n) is 1.75. The van der Waals surface area contributed by atoms with Crippen molar-refractivity contribution in [3.63, 3.8) is 0 Å². The number of furan rings is 1. The summed E-state index contributed by atoms with van der Waals surface area (Å²) >= 11 is 3.35. The summed E-state index contributed by atoms with van der Waals surface area (Å²) in [5, 5.41) is 2.96. The largest absolute Gasteiger partial charge is 0.472 e. The summed E-state index contributed by atoms with van der Waals surface area (Å²) in [7, 11) is 0. The van der Waals surface area contributed by atoms with Gasteiger partial charge in [-0.05, 0) is 43.2 Å². The van der Waals surface area contributed by atoms with Gasteiger partial charge in [0.1, 0.15) is 0 Å². The Morgan fingerprint density at radius 3 is 2.94 bits per heavy atom. The number of carbonyl (C=O) groups excluding carboxylic acids is 1. The van der Waals surface area contributed by atoms with Gasteiger partial charge in [0.2, 0.25) is 0 Å². The molecule has 0 bridgehead atoms. The van der Waals surface area contributed by atoms with Crippen LogP contribution in [0.2, 0.25) is 0 Å². The maximum absolute atomic E-state index is 12.0. The van der Waals surface area contributed by atoms with Crippen molar-refractivity contribution >= 4 is 21.8 Å². The number of carbonyl (C=O) groups is 1. The second-order valence-corrected chi connectivity index (χ2v) is 5.14. The highest BCUT2D eigenvalue weighted by Gasteiger charge is 2.10. The summed E-state index contributed by atoms with van der Waals surface area (Å²) in [6, 6.07) is 9.31. The molecule has 2 rings (SSSR count). The van der Waals surface area contributed by atoms with Gasteiger partial charge in [-0.3, -0.25) is 4.79 Å². The van der Waals surface area contributed by atoms with Crippen LogP contribution < -0.4 is 5.32 Å². The molecule has 3 nitrogen and oxygen atoms in total. The Balaban J connectivity index is 1.95. The van der Waals surface area contributed by atoms with Crippen molar-refractivity contribution in [3.8, 4) is 0 Å². The zero-order valence-electron chi connectivity index (χ0n) is 10.0. The molecule has 4 heteroatoms. The lowest BCUT2D eigenvalue weighted by Crippen LogP contribution is -2.33. The molecule has 1 atom stereocenters. The van der Waals surface area contributed by atoms with Gasteiger partial charge in [-0.25, -0.2) is 0 Å². The van der Waals surface area contributed by atoms with Crippen molar-refractivity contribution in [1.82, 2.24) is 5.32 Å². The van der Waals surface area contributed by atoms with Gasteiger partial charge >= 0.3 is 0 Å². The Labute approximate surface area is 114 Å². The van der Waals surface area contributed by atoms with E-state index in [1.165, 1.54) is 0 Å². The van der Waals surface area contributed by atoms with E-state index in [1.54, 1.807) is 24.7 Å². The highest BCUT2D eigenvalue weighted by Crippen LogP contribution is 2.12. The van der Waals surface area contributed by atoms with Crippen LogP contribution in [0.1, 0.15) is 22.8 Å². The Kier molecular flexibility index (Phi) is 4.20. The predicted molar refractivity (Wildman–Crippen MR) is 73.5 cm³/mol. The number of hydrogen-bond acceptors (Lipinski definition) is 2. The number of nitrogens with one attached hydrogen (secondary N) is 1. The molecule has 2 aromatic rings. The minimum absolute atomic E-state index is 0.0627. The molecule has 1 N–H and O–H groups in total. The van der Waals surface area contributed by atoms with Gasteiger partial charge in [0.15, 0.2) is 0 Å². The second kappa shape index (κ2) is 5.87. The molecule has 0 aliphatic rings. The molecular weight excluding hydrogens is 294 g/mol. The minimum Gasteiger partial charge on any atom is -0.472 e. The molecule has 0 saturated heterocycles. The molecule has 1 amide bonds. The summed E-state index contributed by atoms with van der Waals surface area (Å²) in [6.45, 7) is 1.98. The molecule has 1 aromatic heterocycles. The average molecular weight is 308 g/mol. The van der Waals surface area contributed by atoms with E-state index in [4.69, 9.17) is 4.42 Å². The van der Waals surface area contributed by atoms with E-state index in [-0.39, 0.29) is 11.9 Å². The average Bonchev–Trinajstić information content (AvgIpc) is 2.81. The fraction of sp³-hybridized carbons (Fsp3) is 0.214. The van der Waals surface area contributed by atoms with Crippen LogP contribution in [0.3, 0.4) is 0 Å². The molecule has 0 spiro atoms. The summed E-state index contributed by atoms with van der Waals surface area (Å²) in [6.07, 6.45) is 4.09. The van der Waals surface area contributed by atoms with Gasteiger partial charge in [-0.15, -0.1) is 0 Å². The Morgan fingerprint density at radius 1 is 1.44 bits per heavy atom. The summed E-state index contributed by atoms with van der Waals surface area (Å²) in [5.41, 5.74) is 1.74. The zero-order valence-corrected chi connectivity index (χ0v) is 11.6. The first kappa shape index (κ1) is 12.9. The first-order valence-corrected chi connectivity index (χ1v) is 6.52. The third kappa shape index (κ3) is 3.47. The molecular formula is C14H14BrNO2. The van der Waals surface area contributed by atoms with Crippen LogP contribution in [0.25, 0.3) is 0 Å². The van der Waals surface area contributed by atoms with Crippen LogP contribution >= 0.6 is 15.9 Å². The van der Waals surface area contributed by atoms with Crippen LogP contribution in [0.4, 0.5) is 0 Å². The van der Waals surface area contributed by atoms with Crippen LogP contribution in [0, 0.1) is 0 Å². The monoisotopic (exact) mass is 307 g/mol. The number of halogens is 1. The lowest BCUT2D eigenvalue weighted by molar-refractivity contribution is 0.0940. The predicted octanol–water partition coefficient (Wildman–Crippen LogP) is 3.40. The highest BCUT2D eigenvalue weighted by atomic mass is 79.9. The highest BCUT2D eigenvalue weighted by molar-refractivity contribution is 9.10. The summed E-state index contributed by atoms with van der Waals surface area (Å²) in [4.78, 5) is 12.0. The van der Waals surface area contributed by atoms with E-state index in [0.29, 0.717) is 5.56 Å². The van der Waals surface area contributed by atoms with Crippen LogP contribution in [-0.4, -0.2) is 11.9 Å². The molecule has 1 heterocycles. The smallest absolute Gasteiger partial charge is 0.251 e. The Bertz CT molecular complexity index is 522. The van der Waals surface area contributed by atoms with E-state index in [1.807, 2.05) is 25.1 Å². The van der Waals surface area contributed by atoms with E-state index < -0.39 is 0 Å². The molecule has 0 aliphatic carbocycles. The fourth-order valence-corrected chi connectivity index (χ4v) is 2.15. The van der Waals surface area contributed by atoms with Crippen molar-refractivity contribution in [2.45, 2.75) is 19.4 Å². The third-order valence-electron chi connectivity index (χ3n) is 2.59. The molecule has 18 heavy (non-hydrogen) atoms. The van der Waals surface area contributed by atoms with Crippen LogP contribution in [-0.2, 0) is 6.42 Å². The molecule has 94 valence electrons. The maximum Gasteiger partial charge on any atom is 0.251 e. The zero-order chi connectivity index (χ0) is 13.0. The number of hydrogen-bond donors (Lipinski definition) is 1. The molecule has 0 aliphatic heterocycles. The van der Waals surface area contributed by atoms with E-state index >= 15 is 0 Å².